The van der Waals surface area contributed by atoms with Crippen molar-refractivity contribution in [2.45, 2.75) is 38.7 Å². The minimum atomic E-state index is -0.367. The maximum Gasteiger partial charge on any atom is 0.137 e. The number of aliphatic hydroxyl groups is 1. The number of carbonyl (C=O) groups is 2. The molecule has 4 atom stereocenters. The first kappa shape index (κ1) is 9.84. The van der Waals surface area contributed by atoms with Gasteiger partial charge >= 0.3 is 0 Å². The Labute approximate surface area is 83.5 Å². The third kappa shape index (κ3) is 1.40. The highest BCUT2D eigenvalue weighted by Crippen LogP contribution is 2.40. The van der Waals surface area contributed by atoms with E-state index in [1.807, 2.05) is 6.92 Å². The van der Waals surface area contributed by atoms with E-state index in [1.165, 1.54) is 0 Å². The minimum Gasteiger partial charge on any atom is -0.393 e. The number of aliphatic hydroxyl groups excluding tert-OH is 1. The van der Waals surface area contributed by atoms with Gasteiger partial charge in [0.25, 0.3) is 0 Å². The molecule has 0 aromatic rings. The van der Waals surface area contributed by atoms with Crippen LogP contribution < -0.4 is 0 Å². The highest BCUT2D eigenvalue weighted by atomic mass is 16.3. The summed E-state index contributed by atoms with van der Waals surface area (Å²) < 4.78 is 0. The SMILES string of the molecule is CC1C(=O)CCC2C(O)CCC(=O)C12. The van der Waals surface area contributed by atoms with Crippen LogP contribution in [0.1, 0.15) is 32.6 Å². The lowest BCUT2D eigenvalue weighted by molar-refractivity contribution is -0.144. The Balaban J connectivity index is 2.23. The molecule has 4 unspecified atom stereocenters. The van der Waals surface area contributed by atoms with Gasteiger partial charge in [0.1, 0.15) is 11.6 Å². The van der Waals surface area contributed by atoms with Gasteiger partial charge in [-0.05, 0) is 18.8 Å². The molecular weight excluding hydrogens is 180 g/mol. The van der Waals surface area contributed by atoms with Crippen LogP contribution in [0, 0.1) is 17.8 Å². The summed E-state index contributed by atoms with van der Waals surface area (Å²) in [7, 11) is 0. The van der Waals surface area contributed by atoms with Crippen LogP contribution in [0.15, 0.2) is 0 Å². The number of fused-ring (bicyclic) bond motifs is 1. The average Bonchev–Trinajstić information content (AvgIpc) is 2.16. The van der Waals surface area contributed by atoms with E-state index in [4.69, 9.17) is 0 Å². The lowest BCUT2D eigenvalue weighted by Gasteiger charge is -2.40. The molecule has 3 nitrogen and oxygen atoms in total. The van der Waals surface area contributed by atoms with E-state index >= 15 is 0 Å². The van der Waals surface area contributed by atoms with Crippen molar-refractivity contribution < 1.29 is 14.7 Å². The molecule has 0 heterocycles. The van der Waals surface area contributed by atoms with Crippen molar-refractivity contribution in [2.75, 3.05) is 0 Å². The normalized spacial score (nSPS) is 43.6. The number of hydrogen-bond donors (Lipinski definition) is 1. The quantitative estimate of drug-likeness (QED) is 0.627. The fraction of sp³-hybridized carbons (Fsp3) is 0.818. The van der Waals surface area contributed by atoms with Gasteiger partial charge in [-0.3, -0.25) is 9.59 Å². The van der Waals surface area contributed by atoms with Crippen LogP contribution in [0.25, 0.3) is 0 Å². The summed E-state index contributed by atoms with van der Waals surface area (Å²) in [6.45, 7) is 1.83. The van der Waals surface area contributed by atoms with Crippen molar-refractivity contribution in [3.8, 4) is 0 Å². The molecule has 0 radical (unpaired) electrons. The first-order valence-electron chi connectivity index (χ1n) is 5.34. The molecule has 0 saturated heterocycles. The second kappa shape index (κ2) is 3.46. The van der Waals surface area contributed by atoms with E-state index < -0.39 is 0 Å². The summed E-state index contributed by atoms with van der Waals surface area (Å²) in [6, 6.07) is 0. The summed E-state index contributed by atoms with van der Waals surface area (Å²) in [5.74, 6) is 0.0506. The second-order valence-electron chi connectivity index (χ2n) is 4.56. The van der Waals surface area contributed by atoms with Crippen molar-refractivity contribution >= 4 is 11.6 Å². The molecule has 2 aliphatic rings. The number of hydrogen-bond acceptors (Lipinski definition) is 3. The molecule has 2 aliphatic carbocycles. The molecule has 3 heteroatoms. The number of ketones is 2. The smallest absolute Gasteiger partial charge is 0.137 e. The standard InChI is InChI=1S/C11H16O3/c1-6-8(12)3-2-7-9(13)4-5-10(14)11(6)7/h6-7,9,11,13H,2-5H2,1H3. The number of carbonyl (C=O) groups excluding carboxylic acids is 2. The summed E-state index contributed by atoms with van der Waals surface area (Å²) in [5.41, 5.74) is 0. The zero-order valence-corrected chi connectivity index (χ0v) is 8.40. The predicted molar refractivity (Wildman–Crippen MR) is 50.6 cm³/mol. The van der Waals surface area contributed by atoms with Crippen LogP contribution >= 0.6 is 0 Å². The minimum absolute atomic E-state index is 0.0453. The molecule has 0 aromatic heterocycles. The van der Waals surface area contributed by atoms with Crippen molar-refractivity contribution in [3.05, 3.63) is 0 Å². The molecule has 2 saturated carbocycles. The van der Waals surface area contributed by atoms with Crippen LogP contribution in [0.4, 0.5) is 0 Å². The van der Waals surface area contributed by atoms with Crippen LogP contribution in [0.3, 0.4) is 0 Å². The van der Waals surface area contributed by atoms with E-state index in [0.29, 0.717) is 25.7 Å². The van der Waals surface area contributed by atoms with Gasteiger partial charge in [-0.2, -0.15) is 0 Å². The topological polar surface area (TPSA) is 54.4 Å². The van der Waals surface area contributed by atoms with Gasteiger partial charge in [0.2, 0.25) is 0 Å². The largest absolute Gasteiger partial charge is 0.393 e. The molecule has 2 rings (SSSR count). The predicted octanol–water partition coefficient (Wildman–Crippen LogP) is 0.942. The molecule has 0 spiro atoms. The number of Topliss-reactive ketones (excluding diaryl/α,β-unsaturated/α-hetero) is 2. The van der Waals surface area contributed by atoms with Gasteiger partial charge in [-0.25, -0.2) is 0 Å². The molecule has 0 aliphatic heterocycles. The molecular formula is C11H16O3. The van der Waals surface area contributed by atoms with Crippen LogP contribution in [-0.4, -0.2) is 22.8 Å². The molecule has 0 amide bonds. The lowest BCUT2D eigenvalue weighted by Crippen LogP contribution is -2.46. The van der Waals surface area contributed by atoms with Gasteiger partial charge in [-0.1, -0.05) is 6.92 Å². The highest BCUT2D eigenvalue weighted by Gasteiger charge is 2.45. The summed E-state index contributed by atoms with van der Waals surface area (Å²) in [5, 5.41) is 9.76. The van der Waals surface area contributed by atoms with Gasteiger partial charge < -0.3 is 5.11 Å². The third-order valence-electron chi connectivity index (χ3n) is 3.78. The van der Waals surface area contributed by atoms with E-state index in [-0.39, 0.29) is 35.4 Å². The molecule has 14 heavy (non-hydrogen) atoms. The molecule has 2 fully saturated rings. The maximum atomic E-state index is 11.7. The molecule has 0 aromatic carbocycles. The lowest BCUT2D eigenvalue weighted by atomic mass is 9.64. The van der Waals surface area contributed by atoms with Gasteiger partial charge in [0.05, 0.1) is 6.10 Å². The van der Waals surface area contributed by atoms with Crippen LogP contribution in [-0.2, 0) is 9.59 Å². The van der Waals surface area contributed by atoms with Crippen molar-refractivity contribution in [3.63, 3.8) is 0 Å². The van der Waals surface area contributed by atoms with E-state index in [2.05, 4.69) is 0 Å². The fourth-order valence-corrected chi connectivity index (χ4v) is 2.91. The van der Waals surface area contributed by atoms with E-state index in [1.54, 1.807) is 0 Å². The first-order chi connectivity index (χ1) is 6.61. The summed E-state index contributed by atoms with van der Waals surface area (Å²) in [6.07, 6.45) is 1.89. The summed E-state index contributed by atoms with van der Waals surface area (Å²) in [4.78, 5) is 23.1. The fourth-order valence-electron chi connectivity index (χ4n) is 2.91. The monoisotopic (exact) mass is 196 g/mol. The highest BCUT2D eigenvalue weighted by molar-refractivity contribution is 5.91. The van der Waals surface area contributed by atoms with Crippen LogP contribution in [0.2, 0.25) is 0 Å². The molecule has 0 bridgehead atoms. The first-order valence-corrected chi connectivity index (χ1v) is 5.34. The second-order valence-corrected chi connectivity index (χ2v) is 4.56. The van der Waals surface area contributed by atoms with Crippen molar-refractivity contribution in [2.24, 2.45) is 17.8 Å². The van der Waals surface area contributed by atoms with Crippen LogP contribution in [0.5, 0.6) is 0 Å². The number of rotatable bonds is 0. The Hall–Kier alpha value is -0.700. The Morgan fingerprint density at radius 2 is 1.79 bits per heavy atom. The molecule has 1 N–H and O–H groups in total. The maximum absolute atomic E-state index is 11.7. The zero-order chi connectivity index (χ0) is 10.3. The summed E-state index contributed by atoms with van der Waals surface area (Å²) >= 11 is 0. The van der Waals surface area contributed by atoms with Crippen molar-refractivity contribution in [1.82, 2.24) is 0 Å². The van der Waals surface area contributed by atoms with Gasteiger partial charge in [0.15, 0.2) is 0 Å². The van der Waals surface area contributed by atoms with E-state index in [9.17, 15) is 14.7 Å². The van der Waals surface area contributed by atoms with E-state index in [0.717, 1.165) is 0 Å². The van der Waals surface area contributed by atoms with Crippen molar-refractivity contribution in [1.29, 1.82) is 0 Å². The average molecular weight is 196 g/mol. The Bertz CT molecular complexity index is 272. The zero-order valence-electron chi connectivity index (χ0n) is 8.40. The Morgan fingerprint density at radius 1 is 1.14 bits per heavy atom. The Morgan fingerprint density at radius 3 is 2.50 bits per heavy atom. The third-order valence-corrected chi connectivity index (χ3v) is 3.78. The molecule has 78 valence electrons. The van der Waals surface area contributed by atoms with Gasteiger partial charge in [-0.15, -0.1) is 0 Å². The Kier molecular flexibility index (Phi) is 2.43. The van der Waals surface area contributed by atoms with Gasteiger partial charge in [0, 0.05) is 24.7 Å².